The van der Waals surface area contributed by atoms with E-state index in [1.165, 1.54) is 12.0 Å². The van der Waals surface area contributed by atoms with Crippen LogP contribution in [0.4, 0.5) is 0 Å². The van der Waals surface area contributed by atoms with Crippen molar-refractivity contribution < 1.29 is 14.6 Å². The van der Waals surface area contributed by atoms with E-state index in [0.29, 0.717) is 25.8 Å². The maximum atomic E-state index is 11.7. The summed E-state index contributed by atoms with van der Waals surface area (Å²) in [6, 6.07) is 10.9. The van der Waals surface area contributed by atoms with Crippen molar-refractivity contribution in [1.82, 2.24) is 10.2 Å². The van der Waals surface area contributed by atoms with Gasteiger partial charge in [0.2, 0.25) is 0 Å². The predicted molar refractivity (Wildman–Crippen MR) is 97.4 cm³/mol. The van der Waals surface area contributed by atoms with Crippen LogP contribution in [0.25, 0.3) is 0 Å². The Balaban J connectivity index is 1.48. The van der Waals surface area contributed by atoms with Crippen molar-refractivity contribution in [2.24, 2.45) is 11.8 Å². The Labute approximate surface area is 150 Å². The average molecular weight is 346 g/mol. The van der Waals surface area contributed by atoms with Crippen LogP contribution in [0.2, 0.25) is 0 Å². The summed E-state index contributed by atoms with van der Waals surface area (Å²) in [4.78, 5) is 14.2. The Morgan fingerprint density at radius 2 is 2.00 bits per heavy atom. The molecule has 0 spiro atoms. The van der Waals surface area contributed by atoms with Crippen LogP contribution >= 0.6 is 0 Å². The molecule has 25 heavy (non-hydrogen) atoms. The van der Waals surface area contributed by atoms with Crippen LogP contribution in [-0.4, -0.2) is 54.9 Å². The number of rotatable bonds is 7. The molecule has 1 aromatic rings. The smallest absolute Gasteiger partial charge is 0.308 e. The van der Waals surface area contributed by atoms with Gasteiger partial charge in [0.15, 0.2) is 0 Å². The number of ether oxygens (including phenoxy) is 1. The zero-order valence-corrected chi connectivity index (χ0v) is 14.9. The summed E-state index contributed by atoms with van der Waals surface area (Å²) in [5.74, 6) is -0.729. The number of hydrogen-bond acceptors (Lipinski definition) is 4. The Hall–Kier alpha value is -1.43. The second-order valence-corrected chi connectivity index (χ2v) is 7.36. The van der Waals surface area contributed by atoms with E-state index >= 15 is 0 Å². The fourth-order valence-electron chi connectivity index (χ4n) is 4.07. The van der Waals surface area contributed by atoms with Crippen molar-refractivity contribution in [1.29, 1.82) is 0 Å². The Bertz CT molecular complexity index is 531. The van der Waals surface area contributed by atoms with Gasteiger partial charge in [-0.05, 0) is 43.7 Å². The molecule has 0 radical (unpaired) electrons. The van der Waals surface area contributed by atoms with E-state index in [4.69, 9.17) is 4.74 Å². The van der Waals surface area contributed by atoms with Crippen LogP contribution in [0.3, 0.4) is 0 Å². The summed E-state index contributed by atoms with van der Waals surface area (Å²) in [5, 5.41) is 13.2. The molecule has 0 amide bonds. The molecular weight excluding hydrogens is 316 g/mol. The molecule has 3 rings (SSSR count). The first-order valence-corrected chi connectivity index (χ1v) is 9.52. The molecule has 1 aromatic carbocycles. The minimum absolute atomic E-state index is 0.239. The normalized spacial score (nSPS) is 24.1. The van der Waals surface area contributed by atoms with Gasteiger partial charge in [-0.1, -0.05) is 30.3 Å². The first kappa shape index (κ1) is 18.4. The number of carboxylic acids is 1. The van der Waals surface area contributed by atoms with Crippen LogP contribution in [-0.2, 0) is 16.1 Å². The number of aliphatic carboxylic acids is 1. The number of carbonyl (C=O) groups is 1. The zero-order valence-electron chi connectivity index (χ0n) is 14.9. The lowest BCUT2D eigenvalue weighted by Crippen LogP contribution is -2.48. The summed E-state index contributed by atoms with van der Waals surface area (Å²) in [7, 11) is 0. The van der Waals surface area contributed by atoms with E-state index in [1.807, 2.05) is 6.07 Å². The van der Waals surface area contributed by atoms with Crippen LogP contribution in [0.15, 0.2) is 30.3 Å². The largest absolute Gasteiger partial charge is 0.481 e. The van der Waals surface area contributed by atoms with Gasteiger partial charge in [0, 0.05) is 38.9 Å². The lowest BCUT2D eigenvalue weighted by Gasteiger charge is -2.35. The number of piperidine rings is 1. The van der Waals surface area contributed by atoms with Crippen LogP contribution < -0.4 is 5.32 Å². The first-order chi connectivity index (χ1) is 12.2. The van der Waals surface area contributed by atoms with Crippen molar-refractivity contribution in [2.75, 3.05) is 32.8 Å². The number of carboxylic acid groups (broad SMARTS) is 1. The van der Waals surface area contributed by atoms with Crippen molar-refractivity contribution >= 4 is 5.97 Å². The maximum absolute atomic E-state index is 11.7. The number of likely N-dealkylation sites (tertiary alicyclic amines) is 1. The highest BCUT2D eigenvalue weighted by molar-refractivity contribution is 5.70. The summed E-state index contributed by atoms with van der Waals surface area (Å²) in [5.41, 5.74) is 1.34. The molecule has 5 heteroatoms. The van der Waals surface area contributed by atoms with Crippen molar-refractivity contribution in [3.63, 3.8) is 0 Å². The van der Waals surface area contributed by atoms with Gasteiger partial charge in [-0.2, -0.15) is 0 Å². The molecule has 2 unspecified atom stereocenters. The monoisotopic (exact) mass is 346 g/mol. The van der Waals surface area contributed by atoms with Gasteiger partial charge in [-0.3, -0.25) is 9.69 Å². The molecule has 2 N–H and O–H groups in total. The third kappa shape index (κ3) is 5.53. The van der Waals surface area contributed by atoms with Crippen LogP contribution in [0.1, 0.15) is 31.2 Å². The van der Waals surface area contributed by atoms with Gasteiger partial charge in [0.05, 0.1) is 5.92 Å². The topological polar surface area (TPSA) is 61.8 Å². The fourth-order valence-corrected chi connectivity index (χ4v) is 4.07. The van der Waals surface area contributed by atoms with Gasteiger partial charge >= 0.3 is 5.97 Å². The van der Waals surface area contributed by atoms with Crippen LogP contribution in [0.5, 0.6) is 0 Å². The molecular formula is C20H30N2O3. The van der Waals surface area contributed by atoms with Crippen molar-refractivity contribution in [3.05, 3.63) is 35.9 Å². The van der Waals surface area contributed by atoms with Gasteiger partial charge < -0.3 is 15.2 Å². The lowest BCUT2D eigenvalue weighted by atomic mass is 9.85. The Kier molecular flexibility index (Phi) is 6.84. The molecule has 0 aromatic heterocycles. The fraction of sp³-hybridized carbons (Fsp3) is 0.650. The molecule has 2 saturated heterocycles. The molecule has 5 nitrogen and oxygen atoms in total. The van der Waals surface area contributed by atoms with E-state index in [0.717, 1.165) is 38.9 Å². The number of benzene rings is 1. The summed E-state index contributed by atoms with van der Waals surface area (Å²) >= 11 is 0. The summed E-state index contributed by atoms with van der Waals surface area (Å²) in [6.07, 6.45) is 4.03. The molecule has 2 fully saturated rings. The second-order valence-electron chi connectivity index (χ2n) is 7.36. The molecule has 2 atom stereocenters. The van der Waals surface area contributed by atoms with E-state index in [9.17, 15) is 9.90 Å². The minimum atomic E-state index is -0.670. The zero-order chi connectivity index (χ0) is 17.5. The summed E-state index contributed by atoms with van der Waals surface area (Å²) in [6.45, 7) is 5.06. The SMILES string of the molecule is O=C(O)C(CNC1CCCN(Cc2ccccc2)C1)C1CCOCC1. The average Bonchev–Trinajstić information content (AvgIpc) is 2.64. The van der Waals surface area contributed by atoms with E-state index in [-0.39, 0.29) is 11.8 Å². The highest BCUT2D eigenvalue weighted by atomic mass is 16.5. The van der Waals surface area contributed by atoms with Gasteiger partial charge in [-0.15, -0.1) is 0 Å². The Morgan fingerprint density at radius 1 is 1.24 bits per heavy atom. The van der Waals surface area contributed by atoms with Crippen molar-refractivity contribution in [2.45, 2.75) is 38.3 Å². The van der Waals surface area contributed by atoms with E-state index < -0.39 is 5.97 Å². The molecule has 0 saturated carbocycles. The lowest BCUT2D eigenvalue weighted by molar-refractivity contribution is -0.144. The molecule has 2 aliphatic heterocycles. The molecule has 138 valence electrons. The minimum Gasteiger partial charge on any atom is -0.481 e. The van der Waals surface area contributed by atoms with Crippen molar-refractivity contribution in [3.8, 4) is 0 Å². The number of nitrogens with one attached hydrogen (secondary N) is 1. The maximum Gasteiger partial charge on any atom is 0.308 e. The van der Waals surface area contributed by atoms with Gasteiger partial charge in [0.1, 0.15) is 0 Å². The molecule has 0 aliphatic carbocycles. The molecule has 2 aliphatic rings. The third-order valence-corrected chi connectivity index (χ3v) is 5.53. The first-order valence-electron chi connectivity index (χ1n) is 9.52. The molecule has 2 heterocycles. The number of hydrogen-bond donors (Lipinski definition) is 2. The van der Waals surface area contributed by atoms with E-state index in [1.54, 1.807) is 0 Å². The van der Waals surface area contributed by atoms with E-state index in [2.05, 4.69) is 34.5 Å². The Morgan fingerprint density at radius 3 is 2.72 bits per heavy atom. The number of nitrogens with zero attached hydrogens (tertiary/aromatic N) is 1. The standard InChI is InChI=1S/C20H30N2O3/c23-20(24)19(17-8-11-25-12-9-17)13-21-18-7-4-10-22(15-18)14-16-5-2-1-3-6-16/h1-3,5-6,17-19,21H,4,7-15H2,(H,23,24). The summed E-state index contributed by atoms with van der Waals surface area (Å²) < 4.78 is 5.37. The van der Waals surface area contributed by atoms with Gasteiger partial charge in [0.25, 0.3) is 0 Å². The quantitative estimate of drug-likeness (QED) is 0.794. The highest BCUT2D eigenvalue weighted by Crippen LogP contribution is 2.24. The second kappa shape index (κ2) is 9.32. The molecule has 0 bridgehead atoms. The van der Waals surface area contributed by atoms with Gasteiger partial charge in [-0.25, -0.2) is 0 Å². The van der Waals surface area contributed by atoms with Crippen LogP contribution in [0, 0.1) is 11.8 Å². The third-order valence-electron chi connectivity index (χ3n) is 5.53. The highest BCUT2D eigenvalue weighted by Gasteiger charge is 2.30. The predicted octanol–water partition coefficient (Wildman–Crippen LogP) is 2.37.